The van der Waals surface area contributed by atoms with Crippen LogP contribution in [0.4, 0.5) is 0 Å². The van der Waals surface area contributed by atoms with Gasteiger partial charge < -0.3 is 15.6 Å². The number of fused-ring (bicyclic) bond motifs is 1. The summed E-state index contributed by atoms with van der Waals surface area (Å²) in [4.78, 5) is 40.8. The lowest BCUT2D eigenvalue weighted by Gasteiger charge is -2.20. The lowest BCUT2D eigenvalue weighted by Crippen LogP contribution is -2.45. The molecule has 1 atom stereocenters. The van der Waals surface area contributed by atoms with E-state index in [-0.39, 0.29) is 18.1 Å². The van der Waals surface area contributed by atoms with E-state index in [0.29, 0.717) is 24.2 Å². The van der Waals surface area contributed by atoms with E-state index < -0.39 is 17.7 Å². The standard InChI is InChI=1S/C24H22N6O3/c25-15-30(14-18-10-11-26-22(18)31)29-24(33)20(12-16-6-2-1-3-7-16)28-23(32)21-13-17-8-4-5-9-19(17)27-21/h1-9,12-13,18,27H,10-11,14H2,(H,26,31)(H,28,32)(H,29,33)/b20-12+. The van der Waals surface area contributed by atoms with Crippen molar-refractivity contribution in [1.82, 2.24) is 26.1 Å². The molecule has 0 spiro atoms. The van der Waals surface area contributed by atoms with Crippen LogP contribution in [0.25, 0.3) is 17.0 Å². The molecule has 1 aromatic heterocycles. The Kier molecular flexibility index (Phi) is 6.36. The largest absolute Gasteiger partial charge is 0.356 e. The molecule has 4 rings (SSSR count). The van der Waals surface area contributed by atoms with Crippen molar-refractivity contribution in [1.29, 1.82) is 5.26 Å². The van der Waals surface area contributed by atoms with E-state index in [0.717, 1.165) is 15.9 Å². The number of nitriles is 1. The fraction of sp³-hybridized carbons (Fsp3) is 0.167. The van der Waals surface area contributed by atoms with Crippen LogP contribution in [0.2, 0.25) is 0 Å². The maximum atomic E-state index is 13.0. The van der Waals surface area contributed by atoms with Crippen molar-refractivity contribution in [3.8, 4) is 6.19 Å². The maximum Gasteiger partial charge on any atom is 0.286 e. The first-order valence-electron chi connectivity index (χ1n) is 10.5. The first-order valence-corrected chi connectivity index (χ1v) is 10.5. The average molecular weight is 442 g/mol. The van der Waals surface area contributed by atoms with Crippen molar-refractivity contribution in [3.63, 3.8) is 0 Å². The van der Waals surface area contributed by atoms with Crippen molar-refractivity contribution in [2.24, 2.45) is 5.92 Å². The predicted molar refractivity (Wildman–Crippen MR) is 122 cm³/mol. The summed E-state index contributed by atoms with van der Waals surface area (Å²) in [7, 11) is 0. The van der Waals surface area contributed by atoms with E-state index in [1.165, 1.54) is 6.08 Å². The van der Waals surface area contributed by atoms with E-state index in [2.05, 4.69) is 21.0 Å². The Morgan fingerprint density at radius 2 is 1.91 bits per heavy atom. The van der Waals surface area contributed by atoms with Gasteiger partial charge in [0.2, 0.25) is 5.91 Å². The molecule has 9 heteroatoms. The van der Waals surface area contributed by atoms with E-state index in [1.807, 2.05) is 36.5 Å². The quantitative estimate of drug-likeness (QED) is 0.192. The molecule has 2 heterocycles. The van der Waals surface area contributed by atoms with Gasteiger partial charge in [-0.25, -0.2) is 5.01 Å². The number of benzene rings is 2. The molecule has 166 valence electrons. The van der Waals surface area contributed by atoms with E-state index in [1.54, 1.807) is 30.3 Å². The second-order valence-corrected chi connectivity index (χ2v) is 7.62. The predicted octanol–water partition coefficient (Wildman–Crippen LogP) is 1.89. The van der Waals surface area contributed by atoms with Crippen LogP contribution in [0, 0.1) is 17.4 Å². The highest BCUT2D eigenvalue weighted by Gasteiger charge is 2.27. The molecular formula is C24H22N6O3. The fourth-order valence-corrected chi connectivity index (χ4v) is 3.59. The molecule has 4 N–H and O–H groups in total. The third kappa shape index (κ3) is 5.19. The van der Waals surface area contributed by atoms with E-state index >= 15 is 0 Å². The number of H-pyrrole nitrogens is 1. The molecule has 1 unspecified atom stereocenters. The highest BCUT2D eigenvalue weighted by atomic mass is 16.2. The summed E-state index contributed by atoms with van der Waals surface area (Å²) >= 11 is 0. The van der Waals surface area contributed by atoms with Crippen molar-refractivity contribution >= 4 is 34.7 Å². The zero-order valence-corrected chi connectivity index (χ0v) is 17.7. The van der Waals surface area contributed by atoms with Crippen LogP contribution in [0.5, 0.6) is 0 Å². The average Bonchev–Trinajstić information content (AvgIpc) is 3.44. The second kappa shape index (κ2) is 9.70. The van der Waals surface area contributed by atoms with Crippen LogP contribution in [-0.4, -0.2) is 40.8 Å². The number of aromatic nitrogens is 1. The third-order valence-electron chi connectivity index (χ3n) is 5.30. The fourth-order valence-electron chi connectivity index (χ4n) is 3.59. The zero-order valence-electron chi connectivity index (χ0n) is 17.7. The molecule has 9 nitrogen and oxygen atoms in total. The van der Waals surface area contributed by atoms with Crippen molar-refractivity contribution in [2.75, 3.05) is 13.1 Å². The summed E-state index contributed by atoms with van der Waals surface area (Å²) < 4.78 is 0. The highest BCUT2D eigenvalue weighted by Crippen LogP contribution is 2.15. The lowest BCUT2D eigenvalue weighted by atomic mass is 10.1. The summed E-state index contributed by atoms with van der Waals surface area (Å²) in [5.41, 5.74) is 4.22. The van der Waals surface area contributed by atoms with Gasteiger partial charge in [0, 0.05) is 17.4 Å². The molecule has 1 aliphatic heterocycles. The monoisotopic (exact) mass is 442 g/mol. The molecule has 33 heavy (non-hydrogen) atoms. The number of nitrogens with one attached hydrogen (secondary N) is 4. The Morgan fingerprint density at radius 1 is 1.15 bits per heavy atom. The molecule has 3 amide bonds. The van der Waals surface area contributed by atoms with Crippen LogP contribution >= 0.6 is 0 Å². The molecule has 0 bridgehead atoms. The van der Waals surface area contributed by atoms with Gasteiger partial charge in [-0.2, -0.15) is 5.26 Å². The molecule has 0 radical (unpaired) electrons. The minimum absolute atomic E-state index is 0.0408. The Balaban J connectivity index is 1.54. The lowest BCUT2D eigenvalue weighted by molar-refractivity contribution is -0.125. The number of amides is 3. The first kappa shape index (κ1) is 21.6. The number of rotatable bonds is 7. The number of para-hydroxylation sites is 1. The van der Waals surface area contributed by atoms with Gasteiger partial charge in [-0.15, -0.1) is 0 Å². The van der Waals surface area contributed by atoms with E-state index in [9.17, 15) is 19.6 Å². The Morgan fingerprint density at radius 3 is 2.61 bits per heavy atom. The van der Waals surface area contributed by atoms with Gasteiger partial charge in [-0.1, -0.05) is 48.5 Å². The smallest absolute Gasteiger partial charge is 0.286 e. The highest BCUT2D eigenvalue weighted by molar-refractivity contribution is 6.06. The summed E-state index contributed by atoms with van der Waals surface area (Å²) in [6, 6.07) is 18.2. The second-order valence-electron chi connectivity index (χ2n) is 7.62. The van der Waals surface area contributed by atoms with Crippen molar-refractivity contribution in [3.05, 3.63) is 77.6 Å². The van der Waals surface area contributed by atoms with Gasteiger partial charge in [0.25, 0.3) is 11.8 Å². The Labute approximate surface area is 190 Å². The molecule has 3 aromatic rings. The molecule has 1 saturated heterocycles. The number of hydrogen-bond acceptors (Lipinski definition) is 5. The minimum atomic E-state index is -0.678. The summed E-state index contributed by atoms with van der Waals surface area (Å²) in [6.07, 6.45) is 3.98. The van der Waals surface area contributed by atoms with E-state index in [4.69, 9.17) is 0 Å². The van der Waals surface area contributed by atoms with Crippen molar-refractivity contribution in [2.45, 2.75) is 6.42 Å². The number of carbonyl (C=O) groups is 3. The van der Waals surface area contributed by atoms with Gasteiger partial charge in [0.15, 0.2) is 6.19 Å². The Bertz CT molecular complexity index is 1220. The Hall–Kier alpha value is -4.58. The summed E-state index contributed by atoms with van der Waals surface area (Å²) in [5, 5.41) is 16.7. The molecule has 0 aliphatic carbocycles. The van der Waals surface area contributed by atoms with Gasteiger partial charge in [0.1, 0.15) is 11.4 Å². The van der Waals surface area contributed by atoms with Gasteiger partial charge in [-0.3, -0.25) is 19.8 Å². The van der Waals surface area contributed by atoms with Crippen LogP contribution in [-0.2, 0) is 9.59 Å². The number of hydrazine groups is 1. The third-order valence-corrected chi connectivity index (χ3v) is 5.30. The number of nitrogens with zero attached hydrogens (tertiary/aromatic N) is 2. The SMILES string of the molecule is N#CN(CC1CCNC1=O)NC(=O)/C(=C\c1ccccc1)NC(=O)c1cc2ccccc2[nH]1. The summed E-state index contributed by atoms with van der Waals surface area (Å²) in [5.74, 6) is -1.73. The molecule has 1 fully saturated rings. The minimum Gasteiger partial charge on any atom is -0.356 e. The van der Waals surface area contributed by atoms with Gasteiger partial charge in [-0.05, 0) is 30.2 Å². The summed E-state index contributed by atoms with van der Waals surface area (Å²) in [6.45, 7) is 0.582. The zero-order chi connectivity index (χ0) is 23.2. The molecule has 0 saturated carbocycles. The van der Waals surface area contributed by atoms with Crippen LogP contribution < -0.4 is 16.1 Å². The van der Waals surface area contributed by atoms with Crippen molar-refractivity contribution < 1.29 is 14.4 Å². The van der Waals surface area contributed by atoms with Crippen LogP contribution in [0.3, 0.4) is 0 Å². The number of hydrogen-bond donors (Lipinski definition) is 4. The number of aromatic amines is 1. The van der Waals surface area contributed by atoms with Gasteiger partial charge in [0.05, 0.1) is 12.5 Å². The van der Waals surface area contributed by atoms with Gasteiger partial charge >= 0.3 is 0 Å². The topological polar surface area (TPSA) is 130 Å². The maximum absolute atomic E-state index is 13.0. The molecule has 1 aliphatic rings. The van der Waals surface area contributed by atoms with Crippen LogP contribution in [0.1, 0.15) is 22.5 Å². The molecule has 2 aromatic carbocycles. The van der Waals surface area contributed by atoms with Crippen LogP contribution in [0.15, 0.2) is 66.4 Å². The molecular weight excluding hydrogens is 420 g/mol. The normalized spacial score (nSPS) is 15.5. The first-order chi connectivity index (χ1) is 16.0. The number of carbonyl (C=O) groups excluding carboxylic acids is 3.